The van der Waals surface area contributed by atoms with E-state index in [0.717, 1.165) is 5.56 Å². The van der Waals surface area contributed by atoms with Crippen LogP contribution in [0.1, 0.15) is 16.1 Å². The minimum Gasteiger partial charge on any atom is -0.497 e. The Balaban J connectivity index is 2.28. The SMILES string of the molecule is COc1ccc(OC)c(C=CC(=O)c2nn(C)cc2Cl)c1. The fourth-order valence-electron chi connectivity index (χ4n) is 1.84. The van der Waals surface area contributed by atoms with E-state index in [4.69, 9.17) is 21.1 Å². The lowest BCUT2D eigenvalue weighted by molar-refractivity contribution is 0.104. The van der Waals surface area contributed by atoms with Gasteiger partial charge >= 0.3 is 0 Å². The van der Waals surface area contributed by atoms with Crippen LogP contribution in [-0.4, -0.2) is 29.8 Å². The average Bonchev–Trinajstić information content (AvgIpc) is 2.83. The zero-order valence-electron chi connectivity index (χ0n) is 12.0. The number of benzene rings is 1. The molecule has 0 aliphatic carbocycles. The molecule has 0 spiro atoms. The minimum absolute atomic E-state index is 0.220. The van der Waals surface area contributed by atoms with Crippen molar-refractivity contribution >= 4 is 23.5 Å². The summed E-state index contributed by atoms with van der Waals surface area (Å²) in [4.78, 5) is 12.1. The number of aromatic nitrogens is 2. The van der Waals surface area contributed by atoms with Crippen molar-refractivity contribution in [3.8, 4) is 11.5 Å². The summed E-state index contributed by atoms with van der Waals surface area (Å²) >= 11 is 5.95. The highest BCUT2D eigenvalue weighted by molar-refractivity contribution is 6.34. The lowest BCUT2D eigenvalue weighted by Gasteiger charge is -2.06. The van der Waals surface area contributed by atoms with Gasteiger partial charge in [0.05, 0.1) is 19.2 Å². The van der Waals surface area contributed by atoms with Crippen LogP contribution in [0.5, 0.6) is 11.5 Å². The smallest absolute Gasteiger partial charge is 0.207 e. The first kappa shape index (κ1) is 15.1. The fraction of sp³-hybridized carbons (Fsp3) is 0.200. The van der Waals surface area contributed by atoms with Gasteiger partial charge in [0.15, 0.2) is 5.69 Å². The summed E-state index contributed by atoms with van der Waals surface area (Å²) in [6.07, 6.45) is 4.63. The Morgan fingerprint density at radius 3 is 2.67 bits per heavy atom. The molecule has 5 nitrogen and oxygen atoms in total. The molecule has 1 aromatic carbocycles. The van der Waals surface area contributed by atoms with E-state index < -0.39 is 0 Å². The zero-order chi connectivity index (χ0) is 15.4. The first-order valence-electron chi connectivity index (χ1n) is 6.18. The molecule has 0 aliphatic heterocycles. The van der Waals surface area contributed by atoms with Crippen LogP contribution in [-0.2, 0) is 7.05 Å². The van der Waals surface area contributed by atoms with Crippen LogP contribution in [0.4, 0.5) is 0 Å². The van der Waals surface area contributed by atoms with Crippen molar-refractivity contribution in [2.75, 3.05) is 14.2 Å². The molecule has 2 aromatic rings. The van der Waals surface area contributed by atoms with Crippen molar-refractivity contribution in [3.05, 3.63) is 46.8 Å². The van der Waals surface area contributed by atoms with Crippen LogP contribution >= 0.6 is 11.6 Å². The molecule has 110 valence electrons. The van der Waals surface area contributed by atoms with E-state index in [-0.39, 0.29) is 11.5 Å². The normalized spacial score (nSPS) is 10.9. The molecule has 0 unspecified atom stereocenters. The zero-order valence-corrected chi connectivity index (χ0v) is 12.7. The maximum absolute atomic E-state index is 12.1. The number of nitrogens with zero attached hydrogens (tertiary/aromatic N) is 2. The van der Waals surface area contributed by atoms with E-state index in [2.05, 4.69) is 5.10 Å². The van der Waals surface area contributed by atoms with E-state index in [1.54, 1.807) is 51.7 Å². The summed E-state index contributed by atoms with van der Waals surface area (Å²) in [6, 6.07) is 5.34. The molecule has 0 aliphatic rings. The van der Waals surface area contributed by atoms with E-state index in [1.807, 2.05) is 0 Å². The Hall–Kier alpha value is -2.27. The van der Waals surface area contributed by atoms with Crippen molar-refractivity contribution in [3.63, 3.8) is 0 Å². The molecule has 2 rings (SSSR count). The van der Waals surface area contributed by atoms with Crippen LogP contribution < -0.4 is 9.47 Å². The fourth-order valence-corrected chi connectivity index (χ4v) is 2.11. The monoisotopic (exact) mass is 306 g/mol. The molecule has 6 heteroatoms. The summed E-state index contributed by atoms with van der Waals surface area (Å²) in [5.74, 6) is 1.05. The number of aryl methyl sites for hydroxylation is 1. The van der Waals surface area contributed by atoms with Gasteiger partial charge in [-0.3, -0.25) is 9.48 Å². The standard InChI is InChI=1S/C15H15ClN2O3/c1-18-9-12(16)15(17-18)13(19)6-4-10-8-11(20-2)5-7-14(10)21-3/h4-9H,1-3H3. The maximum atomic E-state index is 12.1. The summed E-state index contributed by atoms with van der Waals surface area (Å²) < 4.78 is 11.9. The van der Waals surface area contributed by atoms with Gasteiger partial charge in [0.25, 0.3) is 0 Å². The number of carbonyl (C=O) groups excluding carboxylic acids is 1. The molecule has 0 N–H and O–H groups in total. The van der Waals surface area contributed by atoms with Crippen molar-refractivity contribution in [2.24, 2.45) is 7.05 Å². The first-order chi connectivity index (χ1) is 10.0. The van der Waals surface area contributed by atoms with Gasteiger partial charge in [-0.15, -0.1) is 0 Å². The van der Waals surface area contributed by atoms with Crippen LogP contribution in [0.2, 0.25) is 5.02 Å². The topological polar surface area (TPSA) is 53.4 Å². The van der Waals surface area contributed by atoms with Crippen molar-refractivity contribution < 1.29 is 14.3 Å². The Bertz CT molecular complexity index is 692. The average molecular weight is 307 g/mol. The van der Waals surface area contributed by atoms with Crippen molar-refractivity contribution in [2.45, 2.75) is 0 Å². The Labute approximate surface area is 127 Å². The maximum Gasteiger partial charge on any atom is 0.207 e. The molecule has 0 saturated carbocycles. The third kappa shape index (κ3) is 3.44. The number of allylic oxidation sites excluding steroid dienone is 1. The summed E-state index contributed by atoms with van der Waals surface area (Å²) in [5.41, 5.74) is 0.953. The summed E-state index contributed by atoms with van der Waals surface area (Å²) in [5, 5.41) is 4.35. The third-order valence-electron chi connectivity index (χ3n) is 2.87. The Morgan fingerprint density at radius 2 is 2.10 bits per heavy atom. The molecule has 1 aromatic heterocycles. The number of carbonyl (C=O) groups is 1. The van der Waals surface area contributed by atoms with Gasteiger partial charge in [-0.25, -0.2) is 0 Å². The van der Waals surface area contributed by atoms with E-state index in [1.165, 1.54) is 10.8 Å². The lowest BCUT2D eigenvalue weighted by atomic mass is 10.1. The highest BCUT2D eigenvalue weighted by atomic mass is 35.5. The third-order valence-corrected chi connectivity index (χ3v) is 3.15. The molecule has 0 saturated heterocycles. The van der Waals surface area contributed by atoms with Crippen molar-refractivity contribution in [1.29, 1.82) is 0 Å². The van der Waals surface area contributed by atoms with Crippen molar-refractivity contribution in [1.82, 2.24) is 9.78 Å². The second-order valence-corrected chi connectivity index (χ2v) is 4.71. The number of ketones is 1. The van der Waals surface area contributed by atoms with Crippen LogP contribution in [0, 0.1) is 0 Å². The minimum atomic E-state index is -0.273. The van der Waals surface area contributed by atoms with Crippen LogP contribution in [0.15, 0.2) is 30.5 Å². The largest absolute Gasteiger partial charge is 0.497 e. The molecular weight excluding hydrogens is 292 g/mol. The van der Waals surface area contributed by atoms with Gasteiger partial charge < -0.3 is 9.47 Å². The molecule has 0 bridgehead atoms. The Kier molecular flexibility index (Phi) is 4.65. The van der Waals surface area contributed by atoms with Crippen LogP contribution in [0.25, 0.3) is 6.08 Å². The van der Waals surface area contributed by atoms with Gasteiger partial charge in [0.2, 0.25) is 5.78 Å². The predicted octanol–water partition coefficient (Wildman–Crippen LogP) is 2.99. The summed E-state index contributed by atoms with van der Waals surface area (Å²) in [6.45, 7) is 0. The molecule has 1 heterocycles. The molecule has 0 amide bonds. The second kappa shape index (κ2) is 6.45. The molecule has 0 atom stereocenters. The number of halogens is 1. The second-order valence-electron chi connectivity index (χ2n) is 4.30. The van der Waals surface area contributed by atoms with Gasteiger partial charge in [-0.05, 0) is 30.4 Å². The first-order valence-corrected chi connectivity index (χ1v) is 6.56. The van der Waals surface area contributed by atoms with Gasteiger partial charge in [-0.2, -0.15) is 5.10 Å². The number of methoxy groups -OCH3 is 2. The molecule has 0 fully saturated rings. The van der Waals surface area contributed by atoms with E-state index in [9.17, 15) is 4.79 Å². The molecule has 0 radical (unpaired) electrons. The van der Waals surface area contributed by atoms with Crippen LogP contribution in [0.3, 0.4) is 0 Å². The van der Waals surface area contributed by atoms with E-state index >= 15 is 0 Å². The lowest BCUT2D eigenvalue weighted by Crippen LogP contribution is -1.98. The van der Waals surface area contributed by atoms with Gasteiger partial charge in [0, 0.05) is 18.8 Å². The number of ether oxygens (including phenoxy) is 2. The predicted molar refractivity (Wildman–Crippen MR) is 81.1 cm³/mol. The quantitative estimate of drug-likeness (QED) is 0.629. The Morgan fingerprint density at radius 1 is 1.33 bits per heavy atom. The summed E-state index contributed by atoms with van der Waals surface area (Å²) in [7, 11) is 4.85. The number of hydrogen-bond acceptors (Lipinski definition) is 4. The number of hydrogen-bond donors (Lipinski definition) is 0. The van der Waals surface area contributed by atoms with Gasteiger partial charge in [0.1, 0.15) is 11.5 Å². The number of rotatable bonds is 5. The highest BCUT2D eigenvalue weighted by Gasteiger charge is 2.12. The van der Waals surface area contributed by atoms with E-state index in [0.29, 0.717) is 16.5 Å². The van der Waals surface area contributed by atoms with Gasteiger partial charge in [-0.1, -0.05) is 11.6 Å². The molecule has 21 heavy (non-hydrogen) atoms. The molecular formula is C15H15ClN2O3. The highest BCUT2D eigenvalue weighted by Crippen LogP contribution is 2.25.